The molecule has 2 aromatic rings. The Labute approximate surface area is 93.0 Å². The van der Waals surface area contributed by atoms with Crippen molar-refractivity contribution < 1.29 is 13.3 Å². The van der Waals surface area contributed by atoms with Crippen molar-refractivity contribution in [2.75, 3.05) is 0 Å². The van der Waals surface area contributed by atoms with E-state index in [1.807, 2.05) is 36.0 Å². The highest BCUT2D eigenvalue weighted by Crippen LogP contribution is 2.24. The van der Waals surface area contributed by atoms with Crippen molar-refractivity contribution in [3.8, 4) is 11.3 Å². The monoisotopic (exact) mass is 220 g/mol. The molecule has 0 aliphatic rings. The van der Waals surface area contributed by atoms with Gasteiger partial charge in [-0.1, -0.05) is 0 Å². The number of pyridine rings is 1. The molecule has 0 fully saturated rings. The van der Waals surface area contributed by atoms with Crippen LogP contribution in [0, 0.1) is 18.6 Å². The zero-order valence-electron chi connectivity index (χ0n) is 9.17. The van der Waals surface area contributed by atoms with Gasteiger partial charge in [0.05, 0.1) is 5.56 Å². The van der Waals surface area contributed by atoms with Crippen LogP contribution < -0.4 is 4.57 Å². The molecule has 1 aromatic carbocycles. The molecule has 2 rings (SSSR count). The van der Waals surface area contributed by atoms with Gasteiger partial charge in [0.1, 0.15) is 18.7 Å². The number of benzene rings is 1. The molecule has 0 unspecified atom stereocenters. The van der Waals surface area contributed by atoms with Crippen molar-refractivity contribution in [3.63, 3.8) is 0 Å². The van der Waals surface area contributed by atoms with Gasteiger partial charge in [-0.2, -0.15) is 0 Å². The minimum Gasteiger partial charge on any atom is -0.207 e. The van der Waals surface area contributed by atoms with E-state index in [9.17, 15) is 8.78 Å². The van der Waals surface area contributed by atoms with Crippen LogP contribution in [0.15, 0.2) is 36.5 Å². The zero-order valence-corrected chi connectivity index (χ0v) is 9.17. The zero-order chi connectivity index (χ0) is 11.7. The highest BCUT2D eigenvalue weighted by atomic mass is 19.1. The van der Waals surface area contributed by atoms with E-state index >= 15 is 0 Å². The lowest BCUT2D eigenvalue weighted by atomic mass is 10.0. The normalized spacial score (nSPS) is 10.5. The number of nitrogens with zero attached hydrogens (tertiary/aromatic N) is 1. The van der Waals surface area contributed by atoms with Gasteiger partial charge in [0.25, 0.3) is 0 Å². The molecule has 1 nitrogen and oxygen atoms in total. The Morgan fingerprint density at radius 3 is 2.50 bits per heavy atom. The largest absolute Gasteiger partial charge is 0.215 e. The second kappa shape index (κ2) is 4.00. The highest BCUT2D eigenvalue weighted by Gasteiger charge is 2.17. The third kappa shape index (κ3) is 1.81. The van der Waals surface area contributed by atoms with Gasteiger partial charge in [0.15, 0.2) is 6.20 Å². The standard InChI is InChI=1S/C13H12F2N/c1-9-7-10(14)8-11(15)13(9)12-5-3-4-6-16(12)2/h3-8H,1-2H3/q+1. The van der Waals surface area contributed by atoms with Crippen LogP contribution in [0.3, 0.4) is 0 Å². The summed E-state index contributed by atoms with van der Waals surface area (Å²) < 4.78 is 28.5. The Bertz CT molecular complexity index is 512. The average Bonchev–Trinajstić information content (AvgIpc) is 2.19. The lowest BCUT2D eigenvalue weighted by molar-refractivity contribution is -0.660. The van der Waals surface area contributed by atoms with Gasteiger partial charge >= 0.3 is 0 Å². The number of hydrogen-bond donors (Lipinski definition) is 0. The molecule has 0 aliphatic carbocycles. The summed E-state index contributed by atoms with van der Waals surface area (Å²) in [6, 6.07) is 7.75. The van der Waals surface area contributed by atoms with Gasteiger partial charge < -0.3 is 0 Å². The Balaban J connectivity index is 2.70. The lowest BCUT2D eigenvalue weighted by Gasteiger charge is -2.05. The Morgan fingerprint density at radius 2 is 1.88 bits per heavy atom. The predicted molar refractivity (Wildman–Crippen MR) is 57.7 cm³/mol. The van der Waals surface area contributed by atoms with Gasteiger partial charge in [0.2, 0.25) is 5.69 Å². The molecule has 0 aliphatic heterocycles. The number of rotatable bonds is 1. The van der Waals surface area contributed by atoms with Gasteiger partial charge in [0, 0.05) is 18.2 Å². The van der Waals surface area contributed by atoms with Crippen molar-refractivity contribution in [1.82, 2.24) is 0 Å². The fraction of sp³-hybridized carbons (Fsp3) is 0.154. The summed E-state index contributed by atoms with van der Waals surface area (Å²) >= 11 is 0. The van der Waals surface area contributed by atoms with Crippen LogP contribution in [0.4, 0.5) is 8.78 Å². The number of aromatic nitrogens is 1. The highest BCUT2D eigenvalue weighted by molar-refractivity contribution is 5.61. The van der Waals surface area contributed by atoms with Crippen LogP contribution in [0.25, 0.3) is 11.3 Å². The third-order valence-electron chi connectivity index (χ3n) is 2.56. The topological polar surface area (TPSA) is 3.88 Å². The maximum Gasteiger partial charge on any atom is 0.215 e. The molecule has 3 heteroatoms. The maximum atomic E-state index is 13.7. The summed E-state index contributed by atoms with van der Waals surface area (Å²) in [5, 5.41) is 0. The van der Waals surface area contributed by atoms with Crippen LogP contribution in [-0.4, -0.2) is 0 Å². The molecule has 0 saturated carbocycles. The Morgan fingerprint density at radius 1 is 1.12 bits per heavy atom. The molecule has 1 heterocycles. The van der Waals surface area contributed by atoms with Crippen LogP contribution in [-0.2, 0) is 7.05 Å². The quantitative estimate of drug-likeness (QED) is 0.651. The fourth-order valence-electron chi connectivity index (χ4n) is 1.81. The molecular formula is C13H12F2N+. The summed E-state index contributed by atoms with van der Waals surface area (Å²) in [7, 11) is 1.83. The van der Waals surface area contributed by atoms with Gasteiger partial charge in [-0.15, -0.1) is 0 Å². The lowest BCUT2D eigenvalue weighted by Crippen LogP contribution is -2.30. The van der Waals surface area contributed by atoms with Crippen molar-refractivity contribution in [2.45, 2.75) is 6.92 Å². The summed E-state index contributed by atoms with van der Waals surface area (Å²) in [6.07, 6.45) is 1.83. The van der Waals surface area contributed by atoms with E-state index in [0.29, 0.717) is 11.1 Å². The minimum atomic E-state index is -0.544. The average molecular weight is 220 g/mol. The third-order valence-corrected chi connectivity index (χ3v) is 2.56. The van der Waals surface area contributed by atoms with E-state index < -0.39 is 11.6 Å². The molecule has 1 aromatic heterocycles. The van der Waals surface area contributed by atoms with E-state index in [0.717, 1.165) is 11.8 Å². The molecule has 0 amide bonds. The molecule has 0 bridgehead atoms. The maximum absolute atomic E-state index is 13.7. The smallest absolute Gasteiger partial charge is 0.207 e. The van der Waals surface area contributed by atoms with Gasteiger partial charge in [-0.3, -0.25) is 0 Å². The van der Waals surface area contributed by atoms with Crippen molar-refractivity contribution >= 4 is 0 Å². The molecular weight excluding hydrogens is 208 g/mol. The van der Waals surface area contributed by atoms with E-state index in [4.69, 9.17) is 0 Å². The molecule has 0 saturated heterocycles. The van der Waals surface area contributed by atoms with Crippen LogP contribution in [0.2, 0.25) is 0 Å². The first-order valence-electron chi connectivity index (χ1n) is 5.00. The SMILES string of the molecule is Cc1cc(F)cc(F)c1-c1cccc[n+]1C. The van der Waals surface area contributed by atoms with E-state index in [-0.39, 0.29) is 0 Å². The first-order valence-corrected chi connectivity index (χ1v) is 5.00. The van der Waals surface area contributed by atoms with E-state index in [1.165, 1.54) is 6.07 Å². The molecule has 0 radical (unpaired) electrons. The van der Waals surface area contributed by atoms with Crippen molar-refractivity contribution in [1.29, 1.82) is 0 Å². The summed E-state index contributed by atoms with van der Waals surface area (Å²) in [5.74, 6) is -1.07. The Kier molecular flexibility index (Phi) is 2.69. The van der Waals surface area contributed by atoms with Crippen molar-refractivity contribution in [2.24, 2.45) is 7.05 Å². The first kappa shape index (κ1) is 10.7. The fourth-order valence-corrected chi connectivity index (χ4v) is 1.81. The minimum absolute atomic E-state index is 0.449. The van der Waals surface area contributed by atoms with E-state index in [1.54, 1.807) is 6.92 Å². The van der Waals surface area contributed by atoms with Crippen LogP contribution in [0.1, 0.15) is 5.56 Å². The second-order valence-electron chi connectivity index (χ2n) is 3.78. The number of hydrogen-bond acceptors (Lipinski definition) is 0. The first-order chi connectivity index (χ1) is 7.59. The molecule has 16 heavy (non-hydrogen) atoms. The number of aryl methyl sites for hydroxylation is 2. The van der Waals surface area contributed by atoms with Crippen LogP contribution >= 0.6 is 0 Å². The summed E-state index contributed by atoms with van der Waals surface area (Å²) in [6.45, 7) is 1.70. The molecule has 0 N–H and O–H groups in total. The molecule has 82 valence electrons. The summed E-state index contributed by atoms with van der Waals surface area (Å²) in [4.78, 5) is 0. The van der Waals surface area contributed by atoms with Gasteiger partial charge in [-0.05, 0) is 24.6 Å². The van der Waals surface area contributed by atoms with Gasteiger partial charge in [-0.25, -0.2) is 13.3 Å². The predicted octanol–water partition coefficient (Wildman–Crippen LogP) is 2.76. The van der Waals surface area contributed by atoms with Crippen LogP contribution in [0.5, 0.6) is 0 Å². The number of halogens is 2. The second-order valence-corrected chi connectivity index (χ2v) is 3.78. The summed E-state index contributed by atoms with van der Waals surface area (Å²) in [5.41, 5.74) is 1.78. The van der Waals surface area contributed by atoms with Crippen molar-refractivity contribution in [3.05, 3.63) is 53.7 Å². The van der Waals surface area contributed by atoms with E-state index in [2.05, 4.69) is 0 Å². The Hall–Kier alpha value is -1.77. The molecule has 0 spiro atoms. The molecule has 0 atom stereocenters.